The molecule has 10 heteroatoms. The predicted molar refractivity (Wildman–Crippen MR) is 121 cm³/mol. The van der Waals surface area contributed by atoms with Crippen molar-refractivity contribution in [2.24, 2.45) is 0 Å². The number of ether oxygens (including phenoxy) is 1. The number of benzene rings is 1. The maximum atomic E-state index is 13.5. The van der Waals surface area contributed by atoms with E-state index in [0.717, 1.165) is 11.8 Å². The Hall–Kier alpha value is -3.20. The minimum atomic E-state index is -4.63. The Morgan fingerprint density at radius 2 is 1.91 bits per heavy atom. The van der Waals surface area contributed by atoms with Crippen LogP contribution < -0.4 is 4.74 Å². The summed E-state index contributed by atoms with van der Waals surface area (Å²) >= 11 is 5.74. The molecule has 34 heavy (non-hydrogen) atoms. The number of aromatic nitrogens is 3. The lowest BCUT2D eigenvalue weighted by molar-refractivity contribution is -0.138. The Morgan fingerprint density at radius 3 is 2.53 bits per heavy atom. The van der Waals surface area contributed by atoms with E-state index < -0.39 is 35.6 Å². The zero-order valence-electron chi connectivity index (χ0n) is 18.6. The van der Waals surface area contributed by atoms with Crippen molar-refractivity contribution in [3.8, 4) is 11.6 Å². The van der Waals surface area contributed by atoms with Crippen molar-refractivity contribution < 1.29 is 27.5 Å². The van der Waals surface area contributed by atoms with Gasteiger partial charge in [-0.25, -0.2) is 9.97 Å². The van der Waals surface area contributed by atoms with E-state index in [4.69, 9.17) is 16.3 Å². The minimum absolute atomic E-state index is 0.0222. The highest BCUT2D eigenvalue weighted by Gasteiger charge is 2.36. The first-order valence-electron chi connectivity index (χ1n) is 10.5. The quantitative estimate of drug-likeness (QED) is 0.210. The number of carbonyl (C=O) groups excluding carboxylic acids is 2. The smallest absolute Gasteiger partial charge is 0.416 e. The molecular weight excluding hydrogens is 471 g/mol. The fraction of sp³-hybridized carbons (Fsp3) is 0.333. The van der Waals surface area contributed by atoms with Crippen molar-refractivity contribution in [2.45, 2.75) is 38.3 Å². The molecule has 3 aromatic rings. The van der Waals surface area contributed by atoms with Crippen LogP contribution in [0.5, 0.6) is 5.88 Å². The summed E-state index contributed by atoms with van der Waals surface area (Å²) in [5.41, 5.74) is 0.246. The topological polar surface area (TPSA) is 74.1 Å². The Balaban J connectivity index is 1.87. The number of ketones is 2. The number of halogens is 4. The number of hydrogen-bond acceptors (Lipinski definition) is 5. The summed E-state index contributed by atoms with van der Waals surface area (Å²) in [6.07, 6.45) is -1.49. The first-order chi connectivity index (χ1) is 16.2. The molecule has 1 atom stereocenters. The number of aryl methyl sites for hydroxylation is 1. The highest BCUT2D eigenvalue weighted by Crippen LogP contribution is 2.37. The third-order valence-corrected chi connectivity index (χ3v) is 5.57. The maximum Gasteiger partial charge on any atom is 0.416 e. The number of rotatable bonds is 10. The van der Waals surface area contributed by atoms with Gasteiger partial charge in [-0.1, -0.05) is 18.2 Å². The number of carbonyl (C=O) groups is 2. The highest BCUT2D eigenvalue weighted by atomic mass is 35.5. The van der Waals surface area contributed by atoms with E-state index in [9.17, 15) is 22.8 Å². The molecule has 0 N–H and O–H groups in total. The minimum Gasteiger partial charge on any atom is -0.479 e. The van der Waals surface area contributed by atoms with Gasteiger partial charge in [0.15, 0.2) is 5.78 Å². The number of methoxy groups -OCH3 is 1. The molecule has 2 aromatic heterocycles. The van der Waals surface area contributed by atoms with Crippen LogP contribution in [-0.2, 0) is 11.0 Å². The number of alkyl halides is 4. The van der Waals surface area contributed by atoms with Crippen molar-refractivity contribution in [3.05, 3.63) is 71.4 Å². The van der Waals surface area contributed by atoms with Gasteiger partial charge in [0, 0.05) is 18.0 Å². The van der Waals surface area contributed by atoms with Gasteiger partial charge in [-0.3, -0.25) is 9.59 Å². The van der Waals surface area contributed by atoms with Gasteiger partial charge < -0.3 is 9.30 Å². The predicted octanol–water partition coefficient (Wildman–Crippen LogP) is 5.55. The first-order valence-corrected chi connectivity index (χ1v) is 11.0. The van der Waals surface area contributed by atoms with Gasteiger partial charge in [0.25, 0.3) is 0 Å². The molecular formula is C24H23ClF3N3O3. The summed E-state index contributed by atoms with van der Waals surface area (Å²) in [6.45, 7) is 1.82. The van der Waals surface area contributed by atoms with Crippen molar-refractivity contribution in [1.82, 2.24) is 14.5 Å². The average Bonchev–Trinajstić information content (AvgIpc) is 3.24. The van der Waals surface area contributed by atoms with E-state index in [1.54, 1.807) is 23.2 Å². The molecule has 0 bridgehead atoms. The molecule has 0 aliphatic carbocycles. The van der Waals surface area contributed by atoms with Gasteiger partial charge in [0.2, 0.25) is 5.88 Å². The fourth-order valence-electron chi connectivity index (χ4n) is 3.69. The molecule has 3 rings (SSSR count). The third-order valence-electron chi connectivity index (χ3n) is 5.30. The summed E-state index contributed by atoms with van der Waals surface area (Å²) in [5, 5.41) is 0. The van der Waals surface area contributed by atoms with Crippen LogP contribution in [0.2, 0.25) is 0 Å². The van der Waals surface area contributed by atoms with Gasteiger partial charge in [-0.15, -0.1) is 11.6 Å². The summed E-state index contributed by atoms with van der Waals surface area (Å²) in [7, 11) is 1.39. The van der Waals surface area contributed by atoms with Gasteiger partial charge in [-0.05, 0) is 43.5 Å². The van der Waals surface area contributed by atoms with Crippen molar-refractivity contribution in [2.75, 3.05) is 13.0 Å². The number of imidazole rings is 1. The molecule has 0 saturated heterocycles. The first kappa shape index (κ1) is 25.4. The second kappa shape index (κ2) is 10.8. The summed E-state index contributed by atoms with van der Waals surface area (Å²) < 4.78 is 47.6. The van der Waals surface area contributed by atoms with Crippen LogP contribution in [0, 0.1) is 6.92 Å². The molecule has 180 valence electrons. The second-order valence-electron chi connectivity index (χ2n) is 7.68. The summed E-state index contributed by atoms with van der Waals surface area (Å²) in [4.78, 5) is 34.3. The average molecular weight is 494 g/mol. The van der Waals surface area contributed by atoms with Crippen LogP contribution in [0.25, 0.3) is 5.69 Å². The van der Waals surface area contributed by atoms with Crippen molar-refractivity contribution >= 4 is 23.2 Å². The normalized spacial score (nSPS) is 12.4. The van der Waals surface area contributed by atoms with Crippen LogP contribution >= 0.6 is 11.6 Å². The fourth-order valence-corrected chi connectivity index (χ4v) is 3.84. The van der Waals surface area contributed by atoms with Crippen molar-refractivity contribution in [3.63, 3.8) is 0 Å². The van der Waals surface area contributed by atoms with E-state index >= 15 is 0 Å². The van der Waals surface area contributed by atoms with E-state index in [2.05, 4.69) is 9.97 Å². The van der Waals surface area contributed by atoms with Gasteiger partial charge in [-0.2, -0.15) is 13.2 Å². The molecule has 0 spiro atoms. The van der Waals surface area contributed by atoms with Crippen LogP contribution in [0.4, 0.5) is 13.2 Å². The molecule has 0 radical (unpaired) electrons. The number of pyridine rings is 1. The lowest BCUT2D eigenvalue weighted by Gasteiger charge is -2.20. The van der Waals surface area contributed by atoms with Gasteiger partial charge in [0.1, 0.15) is 17.2 Å². The standard InChI is InChI=1S/C24H23ClF3N3O3/c1-15-13-31(14-29-15)20-10-9-19(30-23(20)34-2)22(33)12-21(32)17(7-5-11-25)16-6-3-4-8-18(16)24(26,27)28/h3-4,6,8-10,13-14,17H,5,7,11-12H2,1-2H3. The van der Waals surface area contributed by atoms with Crippen LogP contribution in [-0.4, -0.2) is 39.1 Å². The largest absolute Gasteiger partial charge is 0.479 e. The van der Waals surface area contributed by atoms with E-state index in [1.165, 1.54) is 31.4 Å². The Morgan fingerprint density at radius 1 is 1.18 bits per heavy atom. The third kappa shape index (κ3) is 5.83. The summed E-state index contributed by atoms with van der Waals surface area (Å²) in [6, 6.07) is 7.96. The second-order valence-corrected chi connectivity index (χ2v) is 8.06. The molecule has 6 nitrogen and oxygen atoms in total. The number of hydrogen-bond donors (Lipinski definition) is 0. The summed E-state index contributed by atoms with van der Waals surface area (Å²) in [5.74, 6) is -2.02. The Labute approximate surface area is 199 Å². The molecule has 0 saturated carbocycles. The Kier molecular flexibility index (Phi) is 8.09. The zero-order chi connectivity index (χ0) is 24.9. The van der Waals surface area contributed by atoms with Crippen LogP contribution in [0.15, 0.2) is 48.9 Å². The van der Waals surface area contributed by atoms with Gasteiger partial charge in [0.05, 0.1) is 31.1 Å². The van der Waals surface area contributed by atoms with E-state index in [1.807, 2.05) is 6.92 Å². The van der Waals surface area contributed by atoms with Gasteiger partial charge >= 0.3 is 6.18 Å². The lowest BCUT2D eigenvalue weighted by Crippen LogP contribution is -2.21. The SMILES string of the molecule is COc1nc(C(=O)CC(=O)C(CCCCl)c2ccccc2C(F)(F)F)ccc1-n1cnc(C)c1. The number of nitrogens with zero attached hydrogens (tertiary/aromatic N) is 3. The molecule has 0 fully saturated rings. The maximum absolute atomic E-state index is 13.5. The van der Waals surface area contributed by atoms with Crippen LogP contribution in [0.1, 0.15) is 52.5 Å². The molecule has 2 heterocycles. The molecule has 1 aromatic carbocycles. The monoisotopic (exact) mass is 493 g/mol. The molecule has 0 aliphatic rings. The van der Waals surface area contributed by atoms with Crippen LogP contribution in [0.3, 0.4) is 0 Å². The number of Topliss-reactive ketones (excluding diaryl/α,β-unsaturated/α-hetero) is 2. The molecule has 0 aliphatic heterocycles. The Bertz CT molecular complexity index is 1180. The zero-order valence-corrected chi connectivity index (χ0v) is 19.4. The highest BCUT2D eigenvalue weighted by molar-refractivity contribution is 6.17. The van der Waals surface area contributed by atoms with Crippen molar-refractivity contribution in [1.29, 1.82) is 0 Å². The molecule has 1 unspecified atom stereocenters. The van der Waals surface area contributed by atoms with E-state index in [0.29, 0.717) is 12.1 Å². The molecule has 0 amide bonds. The van der Waals surface area contributed by atoms with E-state index in [-0.39, 0.29) is 29.4 Å². The lowest BCUT2D eigenvalue weighted by atomic mass is 9.85.